The van der Waals surface area contributed by atoms with Gasteiger partial charge in [-0.25, -0.2) is 0 Å². The SMILES string of the molecule is CC(C)C1CC(N2CCC(N)CC2C)CCO1. The van der Waals surface area contributed by atoms with Gasteiger partial charge in [0.1, 0.15) is 0 Å². The molecule has 2 aliphatic rings. The van der Waals surface area contributed by atoms with Crippen molar-refractivity contribution in [2.45, 2.75) is 70.7 Å². The van der Waals surface area contributed by atoms with E-state index in [-0.39, 0.29) is 0 Å². The highest BCUT2D eigenvalue weighted by Crippen LogP contribution is 2.28. The zero-order valence-electron chi connectivity index (χ0n) is 11.6. The second-order valence-electron chi connectivity index (χ2n) is 6.20. The molecule has 0 aliphatic carbocycles. The van der Waals surface area contributed by atoms with Crippen LogP contribution in [0.25, 0.3) is 0 Å². The molecule has 4 atom stereocenters. The van der Waals surface area contributed by atoms with Crippen LogP contribution in [0.4, 0.5) is 0 Å². The molecule has 0 radical (unpaired) electrons. The Hall–Kier alpha value is -0.120. The van der Waals surface area contributed by atoms with Gasteiger partial charge in [-0.1, -0.05) is 13.8 Å². The lowest BCUT2D eigenvalue weighted by atomic mass is 9.90. The third kappa shape index (κ3) is 3.21. The first-order valence-electron chi connectivity index (χ1n) is 7.21. The predicted octanol–water partition coefficient (Wildman–Crippen LogP) is 2.00. The number of likely N-dealkylation sites (tertiary alicyclic amines) is 1. The molecule has 0 amide bonds. The van der Waals surface area contributed by atoms with Gasteiger partial charge in [0.15, 0.2) is 0 Å². The minimum Gasteiger partial charge on any atom is -0.378 e. The van der Waals surface area contributed by atoms with Gasteiger partial charge in [0, 0.05) is 31.3 Å². The van der Waals surface area contributed by atoms with Crippen molar-refractivity contribution in [2.24, 2.45) is 11.7 Å². The smallest absolute Gasteiger partial charge is 0.0612 e. The number of piperidine rings is 1. The van der Waals surface area contributed by atoms with Gasteiger partial charge >= 0.3 is 0 Å². The van der Waals surface area contributed by atoms with E-state index in [0.717, 1.165) is 25.5 Å². The largest absolute Gasteiger partial charge is 0.378 e. The Morgan fingerprint density at radius 2 is 2.00 bits per heavy atom. The average molecular weight is 240 g/mol. The Morgan fingerprint density at radius 1 is 1.24 bits per heavy atom. The fraction of sp³-hybridized carbons (Fsp3) is 1.00. The summed E-state index contributed by atoms with van der Waals surface area (Å²) in [6, 6.07) is 1.79. The van der Waals surface area contributed by atoms with Gasteiger partial charge in [0.2, 0.25) is 0 Å². The summed E-state index contributed by atoms with van der Waals surface area (Å²) in [6.07, 6.45) is 5.18. The van der Waals surface area contributed by atoms with E-state index < -0.39 is 0 Å². The zero-order chi connectivity index (χ0) is 12.4. The van der Waals surface area contributed by atoms with Crippen LogP contribution in [0.2, 0.25) is 0 Å². The van der Waals surface area contributed by atoms with Crippen LogP contribution in [0.3, 0.4) is 0 Å². The number of hydrogen-bond acceptors (Lipinski definition) is 3. The van der Waals surface area contributed by atoms with E-state index >= 15 is 0 Å². The minimum atomic E-state index is 0.419. The van der Waals surface area contributed by atoms with Crippen LogP contribution in [0.1, 0.15) is 46.5 Å². The summed E-state index contributed by atoms with van der Waals surface area (Å²) >= 11 is 0. The Morgan fingerprint density at radius 3 is 2.65 bits per heavy atom. The summed E-state index contributed by atoms with van der Waals surface area (Å²) in [6.45, 7) is 8.98. The average Bonchev–Trinajstić information content (AvgIpc) is 2.29. The van der Waals surface area contributed by atoms with E-state index in [9.17, 15) is 0 Å². The summed E-state index contributed by atoms with van der Waals surface area (Å²) in [7, 11) is 0. The standard InChI is InChI=1S/C14H28N2O/c1-10(2)14-9-13(5-7-17-14)16-6-4-12(15)8-11(16)3/h10-14H,4-9,15H2,1-3H3. The van der Waals surface area contributed by atoms with Crippen molar-refractivity contribution >= 4 is 0 Å². The molecule has 0 saturated carbocycles. The fourth-order valence-corrected chi connectivity index (χ4v) is 3.34. The van der Waals surface area contributed by atoms with Gasteiger partial charge in [-0.3, -0.25) is 4.90 Å². The van der Waals surface area contributed by atoms with E-state index in [1.54, 1.807) is 0 Å². The molecule has 2 N–H and O–H groups in total. The summed E-state index contributed by atoms with van der Waals surface area (Å²) in [4.78, 5) is 2.68. The van der Waals surface area contributed by atoms with Crippen molar-refractivity contribution in [2.75, 3.05) is 13.2 Å². The number of ether oxygens (including phenoxy) is 1. The molecule has 3 nitrogen and oxygen atoms in total. The van der Waals surface area contributed by atoms with E-state index in [4.69, 9.17) is 10.5 Å². The highest BCUT2D eigenvalue weighted by atomic mass is 16.5. The van der Waals surface area contributed by atoms with Gasteiger partial charge in [0.05, 0.1) is 6.10 Å². The summed E-state index contributed by atoms with van der Waals surface area (Å²) in [5, 5.41) is 0. The van der Waals surface area contributed by atoms with Crippen LogP contribution in [0, 0.1) is 5.92 Å². The first kappa shape index (κ1) is 13.3. The molecular formula is C14H28N2O. The van der Waals surface area contributed by atoms with Crippen molar-refractivity contribution < 1.29 is 4.74 Å². The fourth-order valence-electron chi connectivity index (χ4n) is 3.34. The van der Waals surface area contributed by atoms with Gasteiger partial charge in [-0.2, -0.15) is 0 Å². The Balaban J connectivity index is 1.92. The predicted molar refractivity (Wildman–Crippen MR) is 71.0 cm³/mol. The first-order valence-corrected chi connectivity index (χ1v) is 7.21. The lowest BCUT2D eigenvalue weighted by Gasteiger charge is -2.45. The number of hydrogen-bond donors (Lipinski definition) is 1. The van der Waals surface area contributed by atoms with Crippen molar-refractivity contribution in [1.29, 1.82) is 0 Å². The Labute approximate surface area is 106 Å². The molecule has 0 aromatic rings. The molecule has 0 bridgehead atoms. The molecule has 3 heteroatoms. The van der Waals surface area contributed by atoms with Crippen molar-refractivity contribution in [3.63, 3.8) is 0 Å². The van der Waals surface area contributed by atoms with Crippen LogP contribution in [0.15, 0.2) is 0 Å². The third-order valence-corrected chi connectivity index (χ3v) is 4.47. The zero-order valence-corrected chi connectivity index (χ0v) is 11.6. The van der Waals surface area contributed by atoms with Crippen LogP contribution in [0.5, 0.6) is 0 Å². The van der Waals surface area contributed by atoms with Gasteiger partial charge in [0.25, 0.3) is 0 Å². The highest BCUT2D eigenvalue weighted by Gasteiger charge is 2.33. The quantitative estimate of drug-likeness (QED) is 0.802. The monoisotopic (exact) mass is 240 g/mol. The van der Waals surface area contributed by atoms with Gasteiger partial charge in [-0.05, 0) is 38.5 Å². The molecule has 2 heterocycles. The molecule has 2 fully saturated rings. The molecule has 0 aromatic carbocycles. The van der Waals surface area contributed by atoms with Gasteiger partial charge < -0.3 is 10.5 Å². The topological polar surface area (TPSA) is 38.5 Å². The highest BCUT2D eigenvalue weighted by molar-refractivity contribution is 4.88. The second-order valence-corrected chi connectivity index (χ2v) is 6.20. The number of nitrogens with zero attached hydrogens (tertiary/aromatic N) is 1. The summed E-state index contributed by atoms with van der Waals surface area (Å²) in [5.74, 6) is 0.639. The lowest BCUT2D eigenvalue weighted by molar-refractivity contribution is -0.0605. The summed E-state index contributed by atoms with van der Waals surface area (Å²) < 4.78 is 5.87. The van der Waals surface area contributed by atoms with E-state index in [0.29, 0.717) is 24.1 Å². The second kappa shape index (κ2) is 5.68. The van der Waals surface area contributed by atoms with Crippen molar-refractivity contribution in [3.05, 3.63) is 0 Å². The maximum absolute atomic E-state index is 6.04. The van der Waals surface area contributed by atoms with Crippen molar-refractivity contribution in [3.8, 4) is 0 Å². The van der Waals surface area contributed by atoms with Crippen LogP contribution < -0.4 is 5.73 Å². The molecule has 2 saturated heterocycles. The maximum Gasteiger partial charge on any atom is 0.0612 e. The summed E-state index contributed by atoms with van der Waals surface area (Å²) in [5.41, 5.74) is 6.04. The van der Waals surface area contributed by atoms with Crippen LogP contribution in [-0.4, -0.2) is 42.3 Å². The van der Waals surface area contributed by atoms with Crippen molar-refractivity contribution in [1.82, 2.24) is 4.90 Å². The molecule has 100 valence electrons. The minimum absolute atomic E-state index is 0.419. The maximum atomic E-state index is 6.04. The van der Waals surface area contributed by atoms with Crippen LogP contribution in [-0.2, 0) is 4.74 Å². The number of rotatable bonds is 2. The van der Waals surface area contributed by atoms with E-state index in [1.165, 1.54) is 19.4 Å². The molecule has 17 heavy (non-hydrogen) atoms. The normalized spacial score (nSPS) is 40.8. The van der Waals surface area contributed by atoms with Crippen LogP contribution >= 0.6 is 0 Å². The lowest BCUT2D eigenvalue weighted by Crippen LogP contribution is -2.53. The Bertz CT molecular complexity index is 244. The molecular weight excluding hydrogens is 212 g/mol. The van der Waals surface area contributed by atoms with E-state index in [1.807, 2.05) is 0 Å². The Kier molecular flexibility index (Phi) is 4.45. The third-order valence-electron chi connectivity index (χ3n) is 4.47. The van der Waals surface area contributed by atoms with E-state index in [2.05, 4.69) is 25.7 Å². The molecule has 2 aliphatic heterocycles. The molecule has 0 spiro atoms. The van der Waals surface area contributed by atoms with Gasteiger partial charge in [-0.15, -0.1) is 0 Å². The number of nitrogens with two attached hydrogens (primary N) is 1. The molecule has 4 unspecified atom stereocenters. The molecule has 0 aromatic heterocycles. The first-order chi connectivity index (χ1) is 8.08. The molecule has 2 rings (SSSR count).